The Kier molecular flexibility index (Phi) is 5.76. The van der Waals surface area contributed by atoms with Crippen molar-refractivity contribution >= 4 is 17.7 Å². The minimum Gasteiger partial charge on any atom is -0.467 e. The van der Waals surface area contributed by atoms with E-state index in [9.17, 15) is 14.0 Å². The largest absolute Gasteiger partial charge is 0.467 e. The van der Waals surface area contributed by atoms with Crippen molar-refractivity contribution in [2.24, 2.45) is 0 Å². The normalized spacial score (nSPS) is 10.7. The van der Waals surface area contributed by atoms with Crippen molar-refractivity contribution in [1.29, 1.82) is 0 Å². The van der Waals surface area contributed by atoms with Crippen LogP contribution in [0.1, 0.15) is 16.1 Å². The van der Waals surface area contributed by atoms with Gasteiger partial charge in [0.2, 0.25) is 0 Å². The first-order valence-electron chi connectivity index (χ1n) is 9.03. The van der Waals surface area contributed by atoms with Crippen LogP contribution in [0.15, 0.2) is 98.2 Å². The Balaban J connectivity index is 1.49. The number of furan rings is 1. The van der Waals surface area contributed by atoms with Gasteiger partial charge in [0, 0.05) is 16.5 Å². The Bertz CT molecular complexity index is 1200. The number of carbonyl (C=O) groups excluding carboxylic acids is 1. The van der Waals surface area contributed by atoms with Gasteiger partial charge in [-0.25, -0.2) is 4.39 Å². The maximum Gasteiger partial charge on any atom is 0.271 e. The lowest BCUT2D eigenvalue weighted by atomic mass is 10.2. The van der Waals surface area contributed by atoms with Gasteiger partial charge < -0.3 is 9.73 Å². The van der Waals surface area contributed by atoms with Crippen molar-refractivity contribution in [2.45, 2.75) is 16.5 Å². The van der Waals surface area contributed by atoms with Gasteiger partial charge in [0.1, 0.15) is 16.6 Å². The van der Waals surface area contributed by atoms with Crippen LogP contribution < -0.4 is 10.9 Å². The zero-order chi connectivity index (χ0) is 20.9. The van der Waals surface area contributed by atoms with E-state index in [1.807, 2.05) is 0 Å². The van der Waals surface area contributed by atoms with Crippen LogP contribution in [-0.2, 0) is 6.54 Å². The summed E-state index contributed by atoms with van der Waals surface area (Å²) in [5.74, 6) is 0.0932. The molecule has 150 valence electrons. The summed E-state index contributed by atoms with van der Waals surface area (Å²) in [4.78, 5) is 25.3. The number of halogens is 1. The molecule has 0 aliphatic carbocycles. The molecule has 0 spiro atoms. The molecule has 1 N–H and O–H groups in total. The molecular formula is C22H16FN3O3S. The zero-order valence-corrected chi connectivity index (χ0v) is 16.4. The fourth-order valence-corrected chi connectivity index (χ4v) is 3.47. The summed E-state index contributed by atoms with van der Waals surface area (Å²) in [5.41, 5.74) is 0.688. The molecule has 0 radical (unpaired) electrons. The van der Waals surface area contributed by atoms with E-state index in [2.05, 4.69) is 10.4 Å². The molecule has 0 unspecified atom stereocenters. The first-order chi connectivity index (χ1) is 14.6. The third-order valence-electron chi connectivity index (χ3n) is 4.19. The maximum atomic E-state index is 13.1. The molecule has 0 fully saturated rings. The molecule has 0 aliphatic rings. The van der Waals surface area contributed by atoms with Gasteiger partial charge in [-0.3, -0.25) is 9.59 Å². The van der Waals surface area contributed by atoms with E-state index in [-0.39, 0.29) is 23.8 Å². The molecule has 8 heteroatoms. The van der Waals surface area contributed by atoms with E-state index in [1.165, 1.54) is 34.6 Å². The number of amides is 1. The molecule has 0 atom stereocenters. The number of benzene rings is 2. The summed E-state index contributed by atoms with van der Waals surface area (Å²) in [6.45, 7) is 0.289. The smallest absolute Gasteiger partial charge is 0.271 e. The second-order valence-electron chi connectivity index (χ2n) is 6.29. The molecular weight excluding hydrogens is 405 g/mol. The Labute approximate surface area is 175 Å². The molecule has 6 nitrogen and oxygen atoms in total. The third kappa shape index (κ3) is 4.66. The van der Waals surface area contributed by atoms with Crippen LogP contribution in [0.2, 0.25) is 0 Å². The second-order valence-corrected chi connectivity index (χ2v) is 7.38. The van der Waals surface area contributed by atoms with Gasteiger partial charge in [-0.15, -0.1) is 0 Å². The van der Waals surface area contributed by atoms with E-state index < -0.39 is 0 Å². The van der Waals surface area contributed by atoms with E-state index in [4.69, 9.17) is 4.42 Å². The van der Waals surface area contributed by atoms with Gasteiger partial charge >= 0.3 is 0 Å². The van der Waals surface area contributed by atoms with Crippen molar-refractivity contribution in [3.8, 4) is 5.69 Å². The fraction of sp³-hybridized carbons (Fsp3) is 0.0455. The highest BCUT2D eigenvalue weighted by molar-refractivity contribution is 7.99. The number of hydrogen-bond acceptors (Lipinski definition) is 5. The topological polar surface area (TPSA) is 77.1 Å². The average molecular weight is 421 g/mol. The second kappa shape index (κ2) is 8.79. The summed E-state index contributed by atoms with van der Waals surface area (Å²) in [5, 5.41) is 7.72. The highest BCUT2D eigenvalue weighted by Crippen LogP contribution is 2.25. The van der Waals surface area contributed by atoms with E-state index in [1.54, 1.807) is 60.9 Å². The van der Waals surface area contributed by atoms with Gasteiger partial charge in [0.05, 0.1) is 18.5 Å². The number of aromatic nitrogens is 2. The van der Waals surface area contributed by atoms with Crippen LogP contribution in [0, 0.1) is 5.82 Å². The summed E-state index contributed by atoms with van der Waals surface area (Å²) in [6, 6.07) is 19.2. The van der Waals surface area contributed by atoms with Gasteiger partial charge in [-0.2, -0.15) is 9.78 Å². The quantitative estimate of drug-likeness (QED) is 0.508. The van der Waals surface area contributed by atoms with Crippen LogP contribution in [-0.4, -0.2) is 15.7 Å². The molecule has 0 saturated heterocycles. The van der Waals surface area contributed by atoms with Crippen molar-refractivity contribution in [2.75, 3.05) is 0 Å². The fourth-order valence-electron chi connectivity index (χ4n) is 2.69. The highest BCUT2D eigenvalue weighted by Gasteiger charge is 2.09. The Morgan fingerprint density at radius 1 is 1.03 bits per heavy atom. The predicted octanol–water partition coefficient (Wildman–Crippen LogP) is 4.05. The molecule has 0 aliphatic heterocycles. The minimum absolute atomic E-state index is 0.251. The first kappa shape index (κ1) is 19.7. The Morgan fingerprint density at radius 3 is 2.50 bits per heavy atom. The van der Waals surface area contributed by atoms with Crippen molar-refractivity contribution in [1.82, 2.24) is 15.1 Å². The van der Waals surface area contributed by atoms with Crippen LogP contribution in [0.3, 0.4) is 0 Å². The van der Waals surface area contributed by atoms with Crippen molar-refractivity contribution < 1.29 is 13.6 Å². The molecule has 0 saturated carbocycles. The van der Waals surface area contributed by atoms with Crippen LogP contribution >= 0.6 is 11.8 Å². The summed E-state index contributed by atoms with van der Waals surface area (Å²) in [7, 11) is 0. The zero-order valence-electron chi connectivity index (χ0n) is 15.6. The molecule has 30 heavy (non-hydrogen) atoms. The number of carbonyl (C=O) groups is 1. The maximum absolute atomic E-state index is 13.1. The molecule has 4 aromatic rings. The van der Waals surface area contributed by atoms with Crippen LogP contribution in [0.4, 0.5) is 4.39 Å². The molecule has 2 aromatic carbocycles. The standard InChI is InChI=1S/C22H16FN3O3S/c23-16-5-9-19(10-6-16)30-20-11-12-21(27)26(25-20)17-7-3-15(4-8-17)22(28)24-14-18-2-1-13-29-18/h1-13H,14H2,(H,24,28). The van der Waals surface area contributed by atoms with Crippen molar-refractivity contribution in [3.63, 3.8) is 0 Å². The van der Waals surface area contributed by atoms with Gasteiger partial charge in [0.25, 0.3) is 11.5 Å². The number of rotatable bonds is 6. The lowest BCUT2D eigenvalue weighted by Gasteiger charge is -2.08. The molecule has 4 rings (SSSR count). The minimum atomic E-state index is -0.314. The Hall–Kier alpha value is -3.65. The predicted molar refractivity (Wildman–Crippen MR) is 110 cm³/mol. The summed E-state index contributed by atoms with van der Waals surface area (Å²) < 4.78 is 19.5. The monoisotopic (exact) mass is 421 g/mol. The molecule has 0 bridgehead atoms. The summed E-state index contributed by atoms with van der Waals surface area (Å²) >= 11 is 1.32. The highest BCUT2D eigenvalue weighted by atomic mass is 32.2. The van der Waals surface area contributed by atoms with E-state index in [0.29, 0.717) is 22.0 Å². The Morgan fingerprint density at radius 2 is 1.80 bits per heavy atom. The SMILES string of the molecule is O=C(NCc1ccco1)c1ccc(-n2nc(Sc3ccc(F)cc3)ccc2=O)cc1. The lowest BCUT2D eigenvalue weighted by molar-refractivity contribution is 0.0948. The van der Waals surface area contributed by atoms with Gasteiger partial charge in [0.15, 0.2) is 0 Å². The number of nitrogens with one attached hydrogen (secondary N) is 1. The van der Waals surface area contributed by atoms with Gasteiger partial charge in [-0.05, 0) is 66.7 Å². The van der Waals surface area contributed by atoms with Crippen LogP contribution in [0.25, 0.3) is 5.69 Å². The van der Waals surface area contributed by atoms with E-state index in [0.717, 1.165) is 4.90 Å². The van der Waals surface area contributed by atoms with Crippen LogP contribution in [0.5, 0.6) is 0 Å². The first-order valence-corrected chi connectivity index (χ1v) is 9.85. The number of nitrogens with zero attached hydrogens (tertiary/aromatic N) is 2. The van der Waals surface area contributed by atoms with E-state index >= 15 is 0 Å². The molecule has 2 aromatic heterocycles. The molecule has 2 heterocycles. The third-order valence-corrected chi connectivity index (χ3v) is 5.12. The molecule has 1 amide bonds. The lowest BCUT2D eigenvalue weighted by Crippen LogP contribution is -2.23. The van der Waals surface area contributed by atoms with Crippen molar-refractivity contribution in [3.05, 3.63) is 107 Å². The average Bonchev–Trinajstić information content (AvgIpc) is 3.29. The summed E-state index contributed by atoms with van der Waals surface area (Å²) in [6.07, 6.45) is 1.55. The number of hydrogen-bond donors (Lipinski definition) is 1. The van der Waals surface area contributed by atoms with Gasteiger partial charge in [-0.1, -0.05) is 11.8 Å².